The first-order valence-corrected chi connectivity index (χ1v) is 7.99. The van der Waals surface area contributed by atoms with Crippen molar-refractivity contribution < 1.29 is 4.74 Å². The molecule has 5 heteroatoms. The molecule has 1 aliphatic carbocycles. The van der Waals surface area contributed by atoms with E-state index in [9.17, 15) is 0 Å². The second kappa shape index (κ2) is 5.30. The van der Waals surface area contributed by atoms with Crippen molar-refractivity contribution in [2.24, 2.45) is 0 Å². The molecule has 0 aromatic carbocycles. The number of aromatic nitrogens is 3. The lowest BCUT2D eigenvalue weighted by Gasteiger charge is -2.33. The predicted molar refractivity (Wildman–Crippen MR) is 81.6 cm³/mol. The van der Waals surface area contributed by atoms with Gasteiger partial charge in [-0.2, -0.15) is 9.61 Å². The lowest BCUT2D eigenvalue weighted by molar-refractivity contribution is 0.181. The highest BCUT2D eigenvalue weighted by molar-refractivity contribution is 5.61. The van der Waals surface area contributed by atoms with E-state index in [-0.39, 0.29) is 0 Å². The van der Waals surface area contributed by atoms with Crippen LogP contribution in [0.3, 0.4) is 0 Å². The number of methoxy groups -OCH3 is 1. The summed E-state index contributed by atoms with van der Waals surface area (Å²) in [6.07, 6.45) is 9.63. The Morgan fingerprint density at radius 2 is 2.14 bits per heavy atom. The topological polar surface area (TPSA) is 42.7 Å². The van der Waals surface area contributed by atoms with E-state index in [1.807, 2.05) is 16.8 Å². The highest BCUT2D eigenvalue weighted by atomic mass is 16.5. The van der Waals surface area contributed by atoms with E-state index in [1.165, 1.54) is 43.5 Å². The lowest BCUT2D eigenvalue weighted by atomic mass is 9.94. The molecular weight excluding hydrogens is 264 g/mol. The van der Waals surface area contributed by atoms with Gasteiger partial charge in [-0.1, -0.05) is 19.3 Å². The molecule has 0 bridgehead atoms. The molecular formula is C16H22N4O. The van der Waals surface area contributed by atoms with Gasteiger partial charge in [0.15, 0.2) is 5.65 Å². The lowest BCUT2D eigenvalue weighted by Crippen LogP contribution is -2.36. The number of hydrogen-bond donors (Lipinski definition) is 0. The molecule has 1 aliphatic heterocycles. The maximum absolute atomic E-state index is 5.35. The minimum atomic E-state index is 0.586. The van der Waals surface area contributed by atoms with Crippen LogP contribution < -0.4 is 4.90 Å². The molecule has 21 heavy (non-hydrogen) atoms. The van der Waals surface area contributed by atoms with Crippen LogP contribution in [0.15, 0.2) is 12.3 Å². The summed E-state index contributed by atoms with van der Waals surface area (Å²) in [5.74, 6) is 1.27. The fourth-order valence-corrected chi connectivity index (χ4v) is 3.90. The first kappa shape index (κ1) is 13.1. The first-order chi connectivity index (χ1) is 10.4. The smallest absolute Gasteiger partial charge is 0.157 e. The molecule has 2 aliphatic rings. The molecule has 2 aromatic rings. The second-order valence-corrected chi connectivity index (χ2v) is 6.13. The zero-order valence-corrected chi connectivity index (χ0v) is 12.6. The molecule has 3 heterocycles. The van der Waals surface area contributed by atoms with Crippen molar-refractivity contribution in [2.45, 2.75) is 51.2 Å². The van der Waals surface area contributed by atoms with E-state index in [1.54, 1.807) is 7.11 Å². The third-order valence-corrected chi connectivity index (χ3v) is 4.86. The van der Waals surface area contributed by atoms with Crippen molar-refractivity contribution in [2.75, 3.05) is 18.6 Å². The fourth-order valence-electron chi connectivity index (χ4n) is 3.90. The molecule has 5 nitrogen and oxygen atoms in total. The van der Waals surface area contributed by atoms with Gasteiger partial charge in [0.25, 0.3) is 0 Å². The summed E-state index contributed by atoms with van der Waals surface area (Å²) in [5, 5.41) is 4.51. The number of anilines is 1. The fraction of sp³-hybridized carbons (Fsp3) is 0.625. The molecule has 1 saturated carbocycles. The third-order valence-electron chi connectivity index (χ3n) is 4.86. The van der Waals surface area contributed by atoms with Crippen molar-refractivity contribution in [1.82, 2.24) is 14.6 Å². The molecule has 0 amide bonds. The molecule has 0 unspecified atom stereocenters. The summed E-state index contributed by atoms with van der Waals surface area (Å²) in [5.41, 5.74) is 3.35. The van der Waals surface area contributed by atoms with Gasteiger partial charge in [0, 0.05) is 31.3 Å². The zero-order valence-electron chi connectivity index (χ0n) is 12.6. The minimum absolute atomic E-state index is 0.586. The molecule has 4 rings (SSSR count). The SMILES string of the molecule is COCc1nc2ccnn2c2c1CCN2C1CCCCC1. The van der Waals surface area contributed by atoms with Gasteiger partial charge in [-0.3, -0.25) is 0 Å². The monoisotopic (exact) mass is 286 g/mol. The van der Waals surface area contributed by atoms with E-state index in [0.29, 0.717) is 12.6 Å². The zero-order chi connectivity index (χ0) is 14.2. The van der Waals surface area contributed by atoms with Gasteiger partial charge in [0.05, 0.1) is 18.5 Å². The van der Waals surface area contributed by atoms with Gasteiger partial charge in [-0.05, 0) is 19.3 Å². The van der Waals surface area contributed by atoms with E-state index in [4.69, 9.17) is 9.72 Å². The number of ether oxygens (including phenoxy) is 1. The first-order valence-electron chi connectivity index (χ1n) is 7.99. The molecule has 0 saturated heterocycles. The van der Waals surface area contributed by atoms with Crippen LogP contribution in [0.2, 0.25) is 0 Å². The van der Waals surface area contributed by atoms with Crippen LogP contribution in [0, 0.1) is 0 Å². The quantitative estimate of drug-likeness (QED) is 0.869. The van der Waals surface area contributed by atoms with Crippen LogP contribution in [-0.2, 0) is 17.8 Å². The molecule has 0 spiro atoms. The number of rotatable bonds is 3. The van der Waals surface area contributed by atoms with Gasteiger partial charge in [-0.25, -0.2) is 4.98 Å². The van der Waals surface area contributed by atoms with Crippen LogP contribution in [0.1, 0.15) is 43.4 Å². The van der Waals surface area contributed by atoms with Gasteiger partial charge < -0.3 is 9.64 Å². The molecule has 2 aromatic heterocycles. The average Bonchev–Trinajstić information content (AvgIpc) is 3.14. The van der Waals surface area contributed by atoms with Gasteiger partial charge in [0.1, 0.15) is 5.82 Å². The number of hydrogen-bond acceptors (Lipinski definition) is 4. The summed E-state index contributed by atoms with van der Waals surface area (Å²) in [6, 6.07) is 2.65. The Morgan fingerprint density at radius 3 is 2.95 bits per heavy atom. The van der Waals surface area contributed by atoms with Gasteiger partial charge >= 0.3 is 0 Å². The normalized spacial score (nSPS) is 19.4. The van der Waals surface area contributed by atoms with E-state index in [0.717, 1.165) is 24.3 Å². The van der Waals surface area contributed by atoms with E-state index in [2.05, 4.69) is 10.00 Å². The van der Waals surface area contributed by atoms with Crippen LogP contribution in [-0.4, -0.2) is 34.3 Å². The Bertz CT molecular complexity index is 645. The average molecular weight is 286 g/mol. The summed E-state index contributed by atoms with van der Waals surface area (Å²) in [6.45, 7) is 1.68. The highest BCUT2D eigenvalue weighted by Gasteiger charge is 2.32. The van der Waals surface area contributed by atoms with Crippen molar-refractivity contribution >= 4 is 11.5 Å². The summed E-state index contributed by atoms with van der Waals surface area (Å²) in [7, 11) is 1.74. The predicted octanol–water partition coefficient (Wildman–Crippen LogP) is 2.57. The van der Waals surface area contributed by atoms with Crippen LogP contribution in [0.5, 0.6) is 0 Å². The van der Waals surface area contributed by atoms with Crippen LogP contribution in [0.25, 0.3) is 5.65 Å². The Labute approximate surface area is 124 Å². The van der Waals surface area contributed by atoms with Crippen molar-refractivity contribution in [1.29, 1.82) is 0 Å². The minimum Gasteiger partial charge on any atom is -0.378 e. The Balaban J connectivity index is 1.81. The van der Waals surface area contributed by atoms with E-state index >= 15 is 0 Å². The molecule has 112 valence electrons. The van der Waals surface area contributed by atoms with Crippen molar-refractivity contribution in [3.8, 4) is 0 Å². The summed E-state index contributed by atoms with van der Waals surface area (Å²) < 4.78 is 7.37. The van der Waals surface area contributed by atoms with Crippen molar-refractivity contribution in [3.05, 3.63) is 23.5 Å². The highest BCUT2D eigenvalue weighted by Crippen LogP contribution is 2.35. The van der Waals surface area contributed by atoms with Crippen molar-refractivity contribution in [3.63, 3.8) is 0 Å². The molecule has 0 N–H and O–H groups in total. The Kier molecular flexibility index (Phi) is 3.30. The van der Waals surface area contributed by atoms with Crippen LogP contribution in [0.4, 0.5) is 5.82 Å². The number of nitrogens with zero attached hydrogens (tertiary/aromatic N) is 4. The largest absolute Gasteiger partial charge is 0.378 e. The second-order valence-electron chi connectivity index (χ2n) is 6.13. The number of fused-ring (bicyclic) bond motifs is 3. The Morgan fingerprint density at radius 1 is 1.29 bits per heavy atom. The molecule has 0 radical (unpaired) electrons. The third kappa shape index (κ3) is 2.11. The summed E-state index contributed by atoms with van der Waals surface area (Å²) in [4.78, 5) is 7.30. The molecule has 0 atom stereocenters. The maximum Gasteiger partial charge on any atom is 0.157 e. The summed E-state index contributed by atoms with van der Waals surface area (Å²) >= 11 is 0. The van der Waals surface area contributed by atoms with Gasteiger partial charge in [0.2, 0.25) is 0 Å². The van der Waals surface area contributed by atoms with Crippen LogP contribution >= 0.6 is 0 Å². The maximum atomic E-state index is 5.35. The Hall–Kier alpha value is -1.62. The van der Waals surface area contributed by atoms with E-state index < -0.39 is 0 Å². The standard InChI is InChI=1S/C16H22N4O/c1-21-11-14-13-8-10-19(12-5-3-2-4-6-12)16(13)20-15(18-14)7-9-17-20/h7,9,12H,2-6,8,10-11H2,1H3. The van der Waals surface area contributed by atoms with Gasteiger partial charge in [-0.15, -0.1) is 0 Å². The molecule has 1 fully saturated rings.